The minimum Gasteiger partial charge on any atom is -0.371 e. The molecular weight excluding hydrogens is 361 g/mol. The average Bonchev–Trinajstić information content (AvgIpc) is 2.78. The van der Waals surface area contributed by atoms with Crippen LogP contribution in [-0.2, 0) is 6.18 Å². The summed E-state index contributed by atoms with van der Waals surface area (Å²) in [6.07, 6.45) is -2.44. The van der Waals surface area contributed by atoms with Gasteiger partial charge in [-0.1, -0.05) is 11.6 Å². The fraction of sp³-hybridized carbons (Fsp3) is 0.267. The van der Waals surface area contributed by atoms with Crippen LogP contribution in [0.2, 0.25) is 5.02 Å². The van der Waals surface area contributed by atoms with Gasteiger partial charge in [0.2, 0.25) is 0 Å². The smallest absolute Gasteiger partial charge is 0.371 e. The molecule has 1 N–H and O–H groups in total. The van der Waals surface area contributed by atoms with Gasteiger partial charge in [0, 0.05) is 36.8 Å². The first-order valence-corrected chi connectivity index (χ1v) is 7.47. The second-order valence-corrected chi connectivity index (χ2v) is 5.93. The molecule has 3 rings (SSSR count). The molecule has 0 aromatic carbocycles. The number of aliphatic hydroxyl groups is 1. The highest BCUT2D eigenvalue weighted by Gasteiger charge is 2.39. The van der Waals surface area contributed by atoms with Crippen molar-refractivity contribution in [2.24, 2.45) is 0 Å². The molecule has 0 bridgehead atoms. The number of nitrogens with zero attached hydrogens (tertiary/aromatic N) is 4. The van der Waals surface area contributed by atoms with Crippen molar-refractivity contribution in [2.45, 2.75) is 12.4 Å². The van der Waals surface area contributed by atoms with Crippen molar-refractivity contribution in [2.75, 3.05) is 18.5 Å². The number of amides is 2. The standard InChI is InChI=1S/C15H12ClF3N4O2/c1-22-7-13(24)23(14(22)25)12-3-11(15(17,18)19)10(6-21-12)8-2-9(16)5-20-4-8/h2-6,13,24H,7H2,1H3. The van der Waals surface area contributed by atoms with Gasteiger partial charge in [-0.3, -0.25) is 4.98 Å². The number of likely N-dealkylation sites (N-methyl/N-ethyl adjacent to an activating group) is 1. The molecule has 1 aliphatic heterocycles. The summed E-state index contributed by atoms with van der Waals surface area (Å²) in [6.45, 7) is -0.0260. The van der Waals surface area contributed by atoms with Crippen molar-refractivity contribution in [1.29, 1.82) is 0 Å². The summed E-state index contributed by atoms with van der Waals surface area (Å²) >= 11 is 5.79. The van der Waals surface area contributed by atoms with Crippen molar-refractivity contribution >= 4 is 23.4 Å². The van der Waals surface area contributed by atoms with Crippen LogP contribution in [0, 0.1) is 0 Å². The van der Waals surface area contributed by atoms with Crippen molar-refractivity contribution in [1.82, 2.24) is 14.9 Å². The van der Waals surface area contributed by atoms with Crippen LogP contribution >= 0.6 is 11.6 Å². The van der Waals surface area contributed by atoms with E-state index in [1.54, 1.807) is 0 Å². The SMILES string of the molecule is CN1CC(O)N(c2cc(C(F)(F)F)c(-c3cncc(Cl)c3)cn2)C1=O. The molecule has 0 radical (unpaired) electrons. The summed E-state index contributed by atoms with van der Waals surface area (Å²) in [5.41, 5.74) is -1.08. The molecule has 0 saturated carbocycles. The molecule has 10 heteroatoms. The number of urea groups is 1. The van der Waals surface area contributed by atoms with Crippen molar-refractivity contribution < 1.29 is 23.1 Å². The van der Waals surface area contributed by atoms with Gasteiger partial charge >= 0.3 is 12.2 Å². The Labute approximate surface area is 145 Å². The Kier molecular flexibility index (Phi) is 4.29. The summed E-state index contributed by atoms with van der Waals surface area (Å²) < 4.78 is 40.5. The quantitative estimate of drug-likeness (QED) is 0.879. The number of hydrogen-bond acceptors (Lipinski definition) is 4. The van der Waals surface area contributed by atoms with E-state index in [9.17, 15) is 23.1 Å². The highest BCUT2D eigenvalue weighted by Crippen LogP contribution is 2.39. The Hall–Kier alpha value is -2.39. The molecule has 2 aromatic heterocycles. The third-order valence-electron chi connectivity index (χ3n) is 3.73. The molecule has 1 atom stereocenters. The van der Waals surface area contributed by atoms with Gasteiger partial charge in [-0.2, -0.15) is 13.2 Å². The van der Waals surface area contributed by atoms with Crippen LogP contribution < -0.4 is 4.90 Å². The fourth-order valence-electron chi connectivity index (χ4n) is 2.57. The third-order valence-corrected chi connectivity index (χ3v) is 3.93. The lowest BCUT2D eigenvalue weighted by Gasteiger charge is -2.21. The van der Waals surface area contributed by atoms with Gasteiger partial charge in [-0.05, 0) is 12.1 Å². The maximum atomic E-state index is 13.5. The number of aliphatic hydroxyl groups excluding tert-OH is 1. The number of hydrogen-bond donors (Lipinski definition) is 1. The Morgan fingerprint density at radius 2 is 2.00 bits per heavy atom. The number of halogens is 4. The van der Waals surface area contributed by atoms with Gasteiger partial charge in [0.25, 0.3) is 0 Å². The first-order chi connectivity index (χ1) is 11.7. The fourth-order valence-corrected chi connectivity index (χ4v) is 2.74. The number of pyridine rings is 2. The molecule has 2 aromatic rings. The molecule has 1 aliphatic rings. The van der Waals surface area contributed by atoms with E-state index in [0.717, 1.165) is 17.2 Å². The first kappa shape index (κ1) is 17.4. The Balaban J connectivity index is 2.12. The molecule has 2 amide bonds. The summed E-state index contributed by atoms with van der Waals surface area (Å²) in [6, 6.07) is 1.44. The molecule has 1 unspecified atom stereocenters. The number of β-amino-alcohol motifs (C(OH)–C–C–N with tert-alkyl or cyclic N) is 1. The monoisotopic (exact) mass is 372 g/mol. The zero-order valence-corrected chi connectivity index (χ0v) is 13.6. The van der Waals surface area contributed by atoms with E-state index in [-0.39, 0.29) is 28.5 Å². The van der Waals surface area contributed by atoms with Gasteiger partial charge in [-0.15, -0.1) is 0 Å². The van der Waals surface area contributed by atoms with E-state index in [1.807, 2.05) is 0 Å². The lowest BCUT2D eigenvalue weighted by molar-refractivity contribution is -0.137. The molecule has 1 saturated heterocycles. The van der Waals surface area contributed by atoms with Crippen LogP contribution in [0.5, 0.6) is 0 Å². The second-order valence-electron chi connectivity index (χ2n) is 5.49. The lowest BCUT2D eigenvalue weighted by Crippen LogP contribution is -2.35. The summed E-state index contributed by atoms with van der Waals surface area (Å²) in [4.78, 5) is 21.7. The predicted octanol–water partition coefficient (Wildman–Crippen LogP) is 3.01. The third kappa shape index (κ3) is 3.24. The van der Waals surface area contributed by atoms with Crippen LogP contribution in [0.1, 0.15) is 5.56 Å². The van der Waals surface area contributed by atoms with Gasteiger partial charge in [0.15, 0.2) is 6.23 Å². The zero-order chi connectivity index (χ0) is 18.4. The maximum Gasteiger partial charge on any atom is 0.417 e. The number of carbonyl (C=O) groups is 1. The van der Waals surface area contributed by atoms with Crippen LogP contribution in [0.3, 0.4) is 0 Å². The number of aromatic nitrogens is 2. The van der Waals surface area contributed by atoms with Gasteiger partial charge < -0.3 is 10.0 Å². The van der Waals surface area contributed by atoms with E-state index in [2.05, 4.69) is 9.97 Å². The molecular formula is C15H12ClF3N4O2. The van der Waals surface area contributed by atoms with Crippen molar-refractivity contribution in [3.63, 3.8) is 0 Å². The van der Waals surface area contributed by atoms with E-state index in [4.69, 9.17) is 11.6 Å². The van der Waals surface area contributed by atoms with E-state index in [0.29, 0.717) is 0 Å². The number of rotatable bonds is 2. The first-order valence-electron chi connectivity index (χ1n) is 7.09. The Morgan fingerprint density at radius 3 is 2.56 bits per heavy atom. The maximum absolute atomic E-state index is 13.5. The second kappa shape index (κ2) is 6.16. The molecule has 0 spiro atoms. The summed E-state index contributed by atoms with van der Waals surface area (Å²) in [7, 11) is 1.43. The van der Waals surface area contributed by atoms with E-state index < -0.39 is 24.0 Å². The zero-order valence-electron chi connectivity index (χ0n) is 12.8. The molecule has 6 nitrogen and oxygen atoms in total. The molecule has 132 valence electrons. The number of alkyl halides is 3. The number of carbonyl (C=O) groups excluding carboxylic acids is 1. The van der Waals surface area contributed by atoms with Crippen molar-refractivity contribution in [3.05, 3.63) is 41.3 Å². The van der Waals surface area contributed by atoms with Gasteiger partial charge in [-0.25, -0.2) is 14.7 Å². The van der Waals surface area contributed by atoms with E-state index in [1.165, 1.54) is 30.4 Å². The molecule has 3 heterocycles. The van der Waals surface area contributed by atoms with Crippen LogP contribution in [-0.4, -0.2) is 45.8 Å². The Morgan fingerprint density at radius 1 is 1.28 bits per heavy atom. The van der Waals surface area contributed by atoms with Crippen molar-refractivity contribution in [3.8, 4) is 11.1 Å². The summed E-state index contributed by atoms with van der Waals surface area (Å²) in [5.74, 6) is -0.284. The molecule has 1 fully saturated rings. The molecule has 0 aliphatic carbocycles. The minimum absolute atomic E-state index is 0.0260. The van der Waals surface area contributed by atoms with Crippen LogP contribution in [0.25, 0.3) is 11.1 Å². The number of anilines is 1. The molecule has 25 heavy (non-hydrogen) atoms. The average molecular weight is 373 g/mol. The van der Waals surface area contributed by atoms with E-state index >= 15 is 0 Å². The topological polar surface area (TPSA) is 69.6 Å². The van der Waals surface area contributed by atoms with Crippen LogP contribution in [0.15, 0.2) is 30.7 Å². The normalized spacial score (nSPS) is 18.2. The summed E-state index contributed by atoms with van der Waals surface area (Å²) in [5, 5.41) is 10.1. The lowest BCUT2D eigenvalue weighted by atomic mass is 10.0. The predicted molar refractivity (Wildman–Crippen MR) is 84.0 cm³/mol. The van der Waals surface area contributed by atoms with Crippen LogP contribution in [0.4, 0.5) is 23.8 Å². The van der Waals surface area contributed by atoms with Gasteiger partial charge in [0.05, 0.1) is 17.1 Å². The largest absolute Gasteiger partial charge is 0.417 e. The van der Waals surface area contributed by atoms with Gasteiger partial charge in [0.1, 0.15) is 5.82 Å². The highest BCUT2D eigenvalue weighted by molar-refractivity contribution is 6.30. The highest BCUT2D eigenvalue weighted by atomic mass is 35.5. The Bertz CT molecular complexity index is 831. The minimum atomic E-state index is -4.70.